The maximum atomic E-state index is 11.1. The molecular formula is C8H12BrNO3. The Bertz CT molecular complexity index is 215. The summed E-state index contributed by atoms with van der Waals surface area (Å²) in [5.74, 6) is -0.151. The summed E-state index contributed by atoms with van der Waals surface area (Å²) in [5.41, 5.74) is 0. The van der Waals surface area contributed by atoms with Gasteiger partial charge in [-0.3, -0.25) is 9.59 Å². The first-order valence-corrected chi connectivity index (χ1v) is 5.06. The van der Waals surface area contributed by atoms with Gasteiger partial charge in [-0.2, -0.15) is 0 Å². The Morgan fingerprint density at radius 2 is 2.23 bits per heavy atom. The van der Waals surface area contributed by atoms with Crippen LogP contribution in [0.25, 0.3) is 0 Å². The normalized spacial score (nSPS) is 17.7. The summed E-state index contributed by atoms with van der Waals surface area (Å²) in [5, 5.41) is 2.67. The van der Waals surface area contributed by atoms with Crippen LogP contribution in [0.3, 0.4) is 0 Å². The SMILES string of the molecule is COC(=O)C(Br)CNC(=O)C1CC1. The molecule has 13 heavy (non-hydrogen) atoms. The van der Waals surface area contributed by atoms with Crippen molar-refractivity contribution < 1.29 is 14.3 Å². The van der Waals surface area contributed by atoms with E-state index in [1.807, 2.05) is 0 Å². The molecule has 1 aliphatic rings. The van der Waals surface area contributed by atoms with Crippen LogP contribution in [0.5, 0.6) is 0 Å². The Hall–Kier alpha value is -0.580. The molecule has 0 spiro atoms. The van der Waals surface area contributed by atoms with Crippen molar-refractivity contribution >= 4 is 27.8 Å². The van der Waals surface area contributed by atoms with Crippen LogP contribution in [-0.2, 0) is 14.3 Å². The largest absolute Gasteiger partial charge is 0.468 e. The molecular weight excluding hydrogens is 238 g/mol. The van der Waals surface area contributed by atoms with E-state index in [2.05, 4.69) is 26.0 Å². The average molecular weight is 250 g/mol. The van der Waals surface area contributed by atoms with E-state index >= 15 is 0 Å². The molecule has 0 aromatic rings. The first-order chi connectivity index (χ1) is 6.15. The van der Waals surface area contributed by atoms with Crippen molar-refractivity contribution in [2.45, 2.75) is 17.7 Å². The lowest BCUT2D eigenvalue weighted by atomic mass is 10.3. The minimum absolute atomic E-state index is 0.0355. The summed E-state index contributed by atoms with van der Waals surface area (Å²) in [6, 6.07) is 0. The maximum absolute atomic E-state index is 11.1. The van der Waals surface area contributed by atoms with Crippen LogP contribution < -0.4 is 5.32 Å². The van der Waals surface area contributed by atoms with E-state index in [-0.39, 0.29) is 17.8 Å². The molecule has 1 fully saturated rings. The summed E-state index contributed by atoms with van der Waals surface area (Å²) < 4.78 is 4.48. The van der Waals surface area contributed by atoms with Crippen molar-refractivity contribution in [3.63, 3.8) is 0 Å². The number of esters is 1. The van der Waals surface area contributed by atoms with Crippen LogP contribution in [0, 0.1) is 5.92 Å². The third kappa shape index (κ3) is 3.34. The van der Waals surface area contributed by atoms with E-state index in [1.54, 1.807) is 0 Å². The quantitative estimate of drug-likeness (QED) is 0.582. The fourth-order valence-electron chi connectivity index (χ4n) is 0.891. The fraction of sp³-hybridized carbons (Fsp3) is 0.750. The summed E-state index contributed by atoms with van der Waals surface area (Å²) >= 11 is 3.11. The van der Waals surface area contributed by atoms with E-state index in [4.69, 9.17) is 0 Å². The van der Waals surface area contributed by atoms with Crippen molar-refractivity contribution in [1.29, 1.82) is 0 Å². The van der Waals surface area contributed by atoms with Gasteiger partial charge in [0.15, 0.2) is 0 Å². The lowest BCUT2D eigenvalue weighted by molar-refractivity contribution is -0.139. The topological polar surface area (TPSA) is 55.4 Å². The number of halogens is 1. The van der Waals surface area contributed by atoms with Gasteiger partial charge in [-0.05, 0) is 12.8 Å². The highest BCUT2D eigenvalue weighted by Gasteiger charge is 2.30. The second-order valence-corrected chi connectivity index (χ2v) is 4.12. The van der Waals surface area contributed by atoms with Gasteiger partial charge in [0, 0.05) is 12.5 Å². The molecule has 5 heteroatoms. The van der Waals surface area contributed by atoms with Crippen molar-refractivity contribution in [2.75, 3.05) is 13.7 Å². The molecule has 0 aromatic heterocycles. The van der Waals surface area contributed by atoms with Gasteiger partial charge in [0.1, 0.15) is 4.83 Å². The van der Waals surface area contributed by atoms with Gasteiger partial charge in [-0.1, -0.05) is 15.9 Å². The molecule has 1 rings (SSSR count). The molecule has 0 radical (unpaired) electrons. The highest BCUT2D eigenvalue weighted by atomic mass is 79.9. The molecule has 1 atom stereocenters. The molecule has 74 valence electrons. The van der Waals surface area contributed by atoms with Gasteiger partial charge in [0.25, 0.3) is 0 Å². The van der Waals surface area contributed by atoms with Crippen molar-refractivity contribution in [3.05, 3.63) is 0 Å². The minimum Gasteiger partial charge on any atom is -0.468 e. The first-order valence-electron chi connectivity index (χ1n) is 4.14. The predicted molar refractivity (Wildman–Crippen MR) is 50.5 cm³/mol. The molecule has 1 amide bonds. The molecule has 0 heterocycles. The lowest BCUT2D eigenvalue weighted by Crippen LogP contribution is -2.34. The van der Waals surface area contributed by atoms with Gasteiger partial charge < -0.3 is 10.1 Å². The lowest BCUT2D eigenvalue weighted by Gasteiger charge is -2.08. The van der Waals surface area contributed by atoms with Gasteiger partial charge in [0.2, 0.25) is 5.91 Å². The summed E-state index contributed by atoms with van der Waals surface area (Å²) in [6.07, 6.45) is 1.94. The molecule has 0 aromatic carbocycles. The molecule has 0 aliphatic heterocycles. The molecule has 0 saturated heterocycles. The number of carbonyl (C=O) groups excluding carboxylic acids is 2. The van der Waals surface area contributed by atoms with Crippen molar-refractivity contribution in [3.8, 4) is 0 Å². The third-order valence-corrected chi connectivity index (χ3v) is 2.56. The summed E-state index contributed by atoms with van der Waals surface area (Å²) in [4.78, 5) is 21.6. The Kier molecular flexibility index (Phi) is 3.71. The second kappa shape index (κ2) is 4.60. The Labute approximate surface area is 85.1 Å². The molecule has 0 bridgehead atoms. The first kappa shape index (κ1) is 10.5. The number of nitrogens with one attached hydrogen (secondary N) is 1. The third-order valence-electron chi connectivity index (χ3n) is 1.86. The zero-order valence-corrected chi connectivity index (χ0v) is 8.96. The number of alkyl halides is 1. The standard InChI is InChI=1S/C8H12BrNO3/c1-13-8(12)6(9)4-10-7(11)5-2-3-5/h5-6H,2-4H2,1H3,(H,10,11). The number of methoxy groups -OCH3 is 1. The number of amides is 1. The maximum Gasteiger partial charge on any atom is 0.321 e. The molecule has 4 nitrogen and oxygen atoms in total. The highest BCUT2D eigenvalue weighted by Crippen LogP contribution is 2.28. The molecule has 1 unspecified atom stereocenters. The minimum atomic E-state index is -0.444. The monoisotopic (exact) mass is 249 g/mol. The highest BCUT2D eigenvalue weighted by molar-refractivity contribution is 9.10. The number of ether oxygens (including phenoxy) is 1. The fourth-order valence-corrected chi connectivity index (χ4v) is 1.24. The Balaban J connectivity index is 2.16. The van der Waals surface area contributed by atoms with Crippen LogP contribution in [0.4, 0.5) is 0 Å². The zero-order valence-electron chi connectivity index (χ0n) is 7.38. The van der Waals surface area contributed by atoms with Crippen LogP contribution >= 0.6 is 15.9 Å². The Morgan fingerprint density at radius 3 is 2.69 bits per heavy atom. The van der Waals surface area contributed by atoms with Gasteiger partial charge in [0.05, 0.1) is 7.11 Å². The van der Waals surface area contributed by atoms with E-state index in [0.717, 1.165) is 12.8 Å². The zero-order chi connectivity index (χ0) is 9.84. The number of carbonyl (C=O) groups is 2. The smallest absolute Gasteiger partial charge is 0.321 e. The number of hydrogen-bond donors (Lipinski definition) is 1. The van der Waals surface area contributed by atoms with Crippen LogP contribution in [0.15, 0.2) is 0 Å². The molecule has 1 aliphatic carbocycles. The molecule has 1 N–H and O–H groups in total. The Morgan fingerprint density at radius 1 is 1.62 bits per heavy atom. The number of hydrogen-bond acceptors (Lipinski definition) is 3. The van der Waals surface area contributed by atoms with E-state index in [1.165, 1.54) is 7.11 Å². The average Bonchev–Trinajstić information content (AvgIpc) is 2.95. The van der Waals surface area contributed by atoms with Crippen LogP contribution in [0.2, 0.25) is 0 Å². The number of rotatable bonds is 4. The van der Waals surface area contributed by atoms with Crippen LogP contribution in [0.1, 0.15) is 12.8 Å². The molecule has 1 saturated carbocycles. The van der Waals surface area contributed by atoms with E-state index in [9.17, 15) is 9.59 Å². The van der Waals surface area contributed by atoms with Gasteiger partial charge in [-0.25, -0.2) is 0 Å². The van der Waals surface area contributed by atoms with Crippen molar-refractivity contribution in [1.82, 2.24) is 5.32 Å². The van der Waals surface area contributed by atoms with Crippen LogP contribution in [-0.4, -0.2) is 30.4 Å². The summed E-state index contributed by atoms with van der Waals surface area (Å²) in [6.45, 7) is 0.294. The van der Waals surface area contributed by atoms with E-state index in [0.29, 0.717) is 6.54 Å². The van der Waals surface area contributed by atoms with Crippen molar-refractivity contribution in [2.24, 2.45) is 5.92 Å². The predicted octanol–water partition coefficient (Wildman–Crippen LogP) is 0.449. The van der Waals surface area contributed by atoms with Gasteiger partial charge >= 0.3 is 5.97 Å². The van der Waals surface area contributed by atoms with E-state index < -0.39 is 4.83 Å². The van der Waals surface area contributed by atoms with Gasteiger partial charge in [-0.15, -0.1) is 0 Å². The second-order valence-electron chi connectivity index (χ2n) is 3.01. The summed E-state index contributed by atoms with van der Waals surface area (Å²) in [7, 11) is 1.32.